The van der Waals surface area contributed by atoms with Gasteiger partial charge in [-0.15, -0.1) is 0 Å². The fourth-order valence-corrected chi connectivity index (χ4v) is 3.37. The van der Waals surface area contributed by atoms with Gasteiger partial charge in [-0.25, -0.2) is 8.42 Å². The van der Waals surface area contributed by atoms with E-state index < -0.39 is 9.84 Å². The highest BCUT2D eigenvalue weighted by molar-refractivity contribution is 7.91. The van der Waals surface area contributed by atoms with Crippen LogP contribution in [0.15, 0.2) is 29.2 Å². The first-order valence-corrected chi connectivity index (χ1v) is 8.42. The molecule has 1 heterocycles. The molecule has 2 atom stereocenters. The van der Waals surface area contributed by atoms with Crippen LogP contribution in [0.5, 0.6) is 0 Å². The zero-order valence-electron chi connectivity index (χ0n) is 11.5. The molecule has 106 valence electrons. The normalized spacial score (nSPS) is 21.6. The van der Waals surface area contributed by atoms with Crippen molar-refractivity contribution >= 4 is 15.5 Å². The second-order valence-electron chi connectivity index (χ2n) is 5.25. The molecular weight excluding hydrogens is 260 g/mol. The third kappa shape index (κ3) is 3.09. The standard InChI is InChI=1S/C14H22N2O2S/c1-3-19(17,18)14-6-4-13(5-7-14)16-9-8-12(10-16)11(2)15/h4-7,11-12H,3,8-10,15H2,1-2H3. The monoisotopic (exact) mass is 282 g/mol. The van der Waals surface area contributed by atoms with Gasteiger partial charge in [-0.2, -0.15) is 0 Å². The summed E-state index contributed by atoms with van der Waals surface area (Å²) in [5.74, 6) is 0.669. The molecule has 0 amide bonds. The molecule has 1 fully saturated rings. The van der Waals surface area contributed by atoms with E-state index in [2.05, 4.69) is 4.90 Å². The topological polar surface area (TPSA) is 63.4 Å². The predicted octanol–water partition coefficient (Wildman–Crippen LogP) is 1.65. The first kappa shape index (κ1) is 14.3. The van der Waals surface area contributed by atoms with Crippen LogP contribution in [0.3, 0.4) is 0 Å². The summed E-state index contributed by atoms with van der Waals surface area (Å²) in [6.07, 6.45) is 1.10. The number of rotatable bonds is 4. The predicted molar refractivity (Wildman–Crippen MR) is 78.1 cm³/mol. The lowest BCUT2D eigenvalue weighted by atomic mass is 10.0. The molecule has 1 aliphatic rings. The van der Waals surface area contributed by atoms with E-state index >= 15 is 0 Å². The summed E-state index contributed by atoms with van der Waals surface area (Å²) in [7, 11) is -3.10. The molecule has 19 heavy (non-hydrogen) atoms. The van der Waals surface area contributed by atoms with Gasteiger partial charge < -0.3 is 10.6 Å². The van der Waals surface area contributed by atoms with E-state index in [1.807, 2.05) is 19.1 Å². The minimum Gasteiger partial charge on any atom is -0.371 e. The maximum absolute atomic E-state index is 11.7. The van der Waals surface area contributed by atoms with Crippen LogP contribution in [-0.2, 0) is 9.84 Å². The van der Waals surface area contributed by atoms with Crippen molar-refractivity contribution in [1.82, 2.24) is 0 Å². The van der Waals surface area contributed by atoms with E-state index in [9.17, 15) is 8.42 Å². The number of anilines is 1. The third-order valence-electron chi connectivity index (χ3n) is 3.91. The molecule has 0 saturated carbocycles. The van der Waals surface area contributed by atoms with Gasteiger partial charge in [0, 0.05) is 24.8 Å². The molecule has 0 aromatic heterocycles. The van der Waals surface area contributed by atoms with Crippen LogP contribution in [0.4, 0.5) is 5.69 Å². The molecule has 2 unspecified atom stereocenters. The first-order chi connectivity index (χ1) is 8.94. The van der Waals surface area contributed by atoms with E-state index in [4.69, 9.17) is 5.73 Å². The van der Waals surface area contributed by atoms with Gasteiger partial charge in [0.25, 0.3) is 0 Å². The van der Waals surface area contributed by atoms with Crippen molar-refractivity contribution in [3.05, 3.63) is 24.3 Å². The van der Waals surface area contributed by atoms with Gasteiger partial charge in [0.1, 0.15) is 0 Å². The van der Waals surface area contributed by atoms with E-state index in [-0.39, 0.29) is 11.8 Å². The molecular formula is C14H22N2O2S. The lowest BCUT2D eigenvalue weighted by Gasteiger charge is -2.20. The second-order valence-corrected chi connectivity index (χ2v) is 7.53. The summed E-state index contributed by atoms with van der Waals surface area (Å²) in [5.41, 5.74) is 7.01. The molecule has 0 radical (unpaired) electrons. The zero-order chi connectivity index (χ0) is 14.0. The first-order valence-electron chi connectivity index (χ1n) is 6.77. The van der Waals surface area contributed by atoms with Crippen molar-refractivity contribution in [3.63, 3.8) is 0 Å². The van der Waals surface area contributed by atoms with Crippen molar-refractivity contribution in [2.24, 2.45) is 11.7 Å². The fraction of sp³-hybridized carbons (Fsp3) is 0.571. The summed E-state index contributed by atoms with van der Waals surface area (Å²) in [6.45, 7) is 5.66. The van der Waals surface area contributed by atoms with Gasteiger partial charge in [0.15, 0.2) is 9.84 Å². The maximum Gasteiger partial charge on any atom is 0.178 e. The summed E-state index contributed by atoms with van der Waals surface area (Å²) in [5, 5.41) is 0. The van der Waals surface area contributed by atoms with Crippen molar-refractivity contribution < 1.29 is 8.42 Å². The molecule has 1 aromatic rings. The van der Waals surface area contributed by atoms with Gasteiger partial charge in [0.05, 0.1) is 10.6 Å². The van der Waals surface area contributed by atoms with Crippen LogP contribution >= 0.6 is 0 Å². The molecule has 0 aliphatic carbocycles. The maximum atomic E-state index is 11.7. The van der Waals surface area contributed by atoms with Gasteiger partial charge in [0.2, 0.25) is 0 Å². The Kier molecular flexibility index (Phi) is 4.16. The van der Waals surface area contributed by atoms with Crippen LogP contribution in [0.1, 0.15) is 20.3 Å². The van der Waals surface area contributed by atoms with Crippen molar-refractivity contribution in [3.8, 4) is 0 Å². The largest absolute Gasteiger partial charge is 0.371 e. The Balaban J connectivity index is 2.12. The summed E-state index contributed by atoms with van der Waals surface area (Å²) < 4.78 is 23.5. The zero-order valence-corrected chi connectivity index (χ0v) is 12.4. The van der Waals surface area contributed by atoms with Crippen LogP contribution in [0, 0.1) is 5.92 Å². The van der Waals surface area contributed by atoms with Gasteiger partial charge in [-0.3, -0.25) is 0 Å². The molecule has 5 heteroatoms. The molecule has 2 N–H and O–H groups in total. The van der Waals surface area contributed by atoms with Crippen LogP contribution < -0.4 is 10.6 Å². The Hall–Kier alpha value is -1.07. The lowest BCUT2D eigenvalue weighted by molar-refractivity contribution is 0.488. The van der Waals surface area contributed by atoms with Crippen molar-refractivity contribution in [2.75, 3.05) is 23.7 Å². The molecule has 4 nitrogen and oxygen atoms in total. The summed E-state index contributed by atoms with van der Waals surface area (Å²) in [4.78, 5) is 2.68. The van der Waals surface area contributed by atoms with Crippen molar-refractivity contribution in [2.45, 2.75) is 31.2 Å². The number of sulfone groups is 1. The molecule has 0 bridgehead atoms. The second kappa shape index (κ2) is 5.51. The van der Waals surface area contributed by atoms with E-state index in [0.29, 0.717) is 10.8 Å². The Labute approximate surface area is 115 Å². The highest BCUT2D eigenvalue weighted by Gasteiger charge is 2.25. The van der Waals surface area contributed by atoms with Crippen molar-refractivity contribution in [1.29, 1.82) is 0 Å². The Bertz CT molecular complexity index is 523. The summed E-state index contributed by atoms with van der Waals surface area (Å²) >= 11 is 0. The highest BCUT2D eigenvalue weighted by Crippen LogP contribution is 2.26. The fourth-order valence-electron chi connectivity index (χ4n) is 2.48. The average molecular weight is 282 g/mol. The molecule has 2 rings (SSSR count). The summed E-state index contributed by atoms with van der Waals surface area (Å²) in [6, 6.07) is 7.41. The van der Waals surface area contributed by atoms with Crippen LogP contribution in [0.25, 0.3) is 0 Å². The van der Waals surface area contributed by atoms with E-state index in [0.717, 1.165) is 25.2 Å². The Morgan fingerprint density at radius 3 is 2.47 bits per heavy atom. The molecule has 1 aromatic carbocycles. The third-order valence-corrected chi connectivity index (χ3v) is 5.66. The molecule has 1 saturated heterocycles. The van der Waals surface area contributed by atoms with Gasteiger partial charge in [-0.05, 0) is 43.5 Å². The number of nitrogens with two attached hydrogens (primary N) is 1. The Morgan fingerprint density at radius 1 is 1.37 bits per heavy atom. The SMILES string of the molecule is CCS(=O)(=O)c1ccc(N2CCC(C(C)N)C2)cc1. The van der Waals surface area contributed by atoms with Crippen LogP contribution in [-0.4, -0.2) is 33.3 Å². The van der Waals surface area contributed by atoms with E-state index in [1.165, 1.54) is 0 Å². The number of hydrogen-bond acceptors (Lipinski definition) is 4. The number of hydrogen-bond donors (Lipinski definition) is 1. The lowest BCUT2D eigenvalue weighted by Crippen LogP contribution is -2.29. The van der Waals surface area contributed by atoms with Crippen LogP contribution in [0.2, 0.25) is 0 Å². The highest BCUT2D eigenvalue weighted by atomic mass is 32.2. The molecule has 1 aliphatic heterocycles. The Morgan fingerprint density at radius 2 is 2.00 bits per heavy atom. The molecule has 0 spiro atoms. The minimum atomic E-state index is -3.10. The smallest absolute Gasteiger partial charge is 0.178 e. The number of benzene rings is 1. The van der Waals surface area contributed by atoms with Gasteiger partial charge in [-0.1, -0.05) is 6.92 Å². The van der Waals surface area contributed by atoms with Gasteiger partial charge >= 0.3 is 0 Å². The van der Waals surface area contributed by atoms with E-state index in [1.54, 1.807) is 19.1 Å². The minimum absolute atomic E-state index is 0.142. The number of nitrogens with zero attached hydrogens (tertiary/aromatic N) is 1. The quantitative estimate of drug-likeness (QED) is 0.912. The average Bonchev–Trinajstić information content (AvgIpc) is 2.88.